The lowest BCUT2D eigenvalue weighted by Gasteiger charge is -2.11. The lowest BCUT2D eigenvalue weighted by molar-refractivity contribution is -0.137. The van der Waals surface area contributed by atoms with Gasteiger partial charge in [0.2, 0.25) is 0 Å². The first-order valence-electron chi connectivity index (χ1n) is 8.78. The first-order valence-corrected chi connectivity index (χ1v) is 8.78. The summed E-state index contributed by atoms with van der Waals surface area (Å²) in [6, 6.07) is 5.08. The Kier molecular flexibility index (Phi) is 9.51. The van der Waals surface area contributed by atoms with Crippen LogP contribution in [0.1, 0.15) is 70.8 Å². The van der Waals surface area contributed by atoms with E-state index in [0.717, 1.165) is 44.1 Å². The van der Waals surface area contributed by atoms with Crippen molar-refractivity contribution in [2.24, 2.45) is 0 Å². The molecule has 1 aromatic rings. The Morgan fingerprint density at radius 2 is 1.46 bits per heavy atom. The Balaban J connectivity index is 2.74. The van der Waals surface area contributed by atoms with Gasteiger partial charge in [0.15, 0.2) is 11.5 Å². The highest BCUT2D eigenvalue weighted by Gasteiger charge is 2.14. The summed E-state index contributed by atoms with van der Waals surface area (Å²) >= 11 is 0. The number of carbonyl (C=O) groups excluding carboxylic acids is 2. The van der Waals surface area contributed by atoms with Gasteiger partial charge in [-0.15, -0.1) is 0 Å². The minimum atomic E-state index is -0.312. The molecule has 0 amide bonds. The lowest BCUT2D eigenvalue weighted by atomic mass is 10.2. The molecule has 132 valence electrons. The van der Waals surface area contributed by atoms with E-state index in [1.165, 1.54) is 0 Å². The van der Waals surface area contributed by atoms with Crippen molar-refractivity contribution in [3.63, 3.8) is 0 Å². The SMILES string of the molecule is C=Cc1ccc(OC(=O)CCCCC)c(OC(=O)CCCCC)c1. The lowest BCUT2D eigenvalue weighted by Crippen LogP contribution is -2.12. The van der Waals surface area contributed by atoms with Gasteiger partial charge in [0.25, 0.3) is 0 Å². The molecule has 0 fully saturated rings. The van der Waals surface area contributed by atoms with E-state index >= 15 is 0 Å². The molecule has 0 radical (unpaired) electrons. The molecule has 0 atom stereocenters. The number of hydrogen-bond donors (Lipinski definition) is 0. The van der Waals surface area contributed by atoms with Crippen molar-refractivity contribution in [2.45, 2.75) is 65.2 Å². The summed E-state index contributed by atoms with van der Waals surface area (Å²) in [6.45, 7) is 7.86. The molecule has 4 nitrogen and oxygen atoms in total. The number of carbonyl (C=O) groups is 2. The highest BCUT2D eigenvalue weighted by molar-refractivity contribution is 5.76. The maximum Gasteiger partial charge on any atom is 0.311 e. The van der Waals surface area contributed by atoms with Gasteiger partial charge in [0.05, 0.1) is 0 Å². The molecule has 0 N–H and O–H groups in total. The van der Waals surface area contributed by atoms with Crippen LogP contribution in [0, 0.1) is 0 Å². The third-order valence-electron chi connectivity index (χ3n) is 3.62. The van der Waals surface area contributed by atoms with Gasteiger partial charge in [-0.2, -0.15) is 0 Å². The van der Waals surface area contributed by atoms with Crippen molar-refractivity contribution in [3.8, 4) is 11.5 Å². The Morgan fingerprint density at radius 3 is 1.96 bits per heavy atom. The Bertz CT molecular complexity index is 549. The molecule has 0 saturated heterocycles. The molecule has 0 aromatic heterocycles. The molecule has 24 heavy (non-hydrogen) atoms. The van der Waals surface area contributed by atoms with Crippen LogP contribution >= 0.6 is 0 Å². The van der Waals surface area contributed by atoms with Gasteiger partial charge < -0.3 is 9.47 Å². The average Bonchev–Trinajstić information content (AvgIpc) is 2.57. The second-order valence-corrected chi connectivity index (χ2v) is 5.77. The summed E-state index contributed by atoms with van der Waals surface area (Å²) < 4.78 is 10.8. The van der Waals surface area contributed by atoms with E-state index in [2.05, 4.69) is 20.4 Å². The van der Waals surface area contributed by atoms with Crippen LogP contribution in [0.2, 0.25) is 0 Å². The molecule has 0 aliphatic rings. The zero-order chi connectivity index (χ0) is 17.8. The maximum absolute atomic E-state index is 11.9. The fourth-order valence-electron chi connectivity index (χ4n) is 2.20. The summed E-state index contributed by atoms with van der Waals surface area (Å²) in [7, 11) is 0. The van der Waals surface area contributed by atoms with Crippen molar-refractivity contribution in [1.29, 1.82) is 0 Å². The van der Waals surface area contributed by atoms with E-state index in [1.807, 2.05) is 0 Å². The fourth-order valence-corrected chi connectivity index (χ4v) is 2.20. The quantitative estimate of drug-likeness (QED) is 0.313. The minimum absolute atomic E-state index is 0.276. The molecule has 0 aliphatic carbocycles. The van der Waals surface area contributed by atoms with Crippen LogP contribution in [0.5, 0.6) is 11.5 Å². The number of benzene rings is 1. The third-order valence-corrected chi connectivity index (χ3v) is 3.62. The largest absolute Gasteiger partial charge is 0.423 e. The summed E-state index contributed by atoms with van der Waals surface area (Å²) in [5, 5.41) is 0. The van der Waals surface area contributed by atoms with E-state index in [1.54, 1.807) is 24.3 Å². The average molecular weight is 332 g/mol. The van der Waals surface area contributed by atoms with Crippen molar-refractivity contribution in [2.75, 3.05) is 0 Å². The van der Waals surface area contributed by atoms with Crippen molar-refractivity contribution < 1.29 is 19.1 Å². The molecule has 1 rings (SSSR count). The van der Waals surface area contributed by atoms with Gasteiger partial charge in [-0.05, 0) is 30.5 Å². The molecule has 0 bridgehead atoms. The van der Waals surface area contributed by atoms with E-state index in [0.29, 0.717) is 12.8 Å². The number of esters is 2. The van der Waals surface area contributed by atoms with E-state index in [-0.39, 0.29) is 23.4 Å². The van der Waals surface area contributed by atoms with E-state index in [9.17, 15) is 9.59 Å². The molecule has 0 unspecified atom stereocenters. The van der Waals surface area contributed by atoms with Crippen LogP contribution < -0.4 is 9.47 Å². The van der Waals surface area contributed by atoms with Crippen molar-refractivity contribution >= 4 is 18.0 Å². The monoisotopic (exact) mass is 332 g/mol. The van der Waals surface area contributed by atoms with Gasteiger partial charge in [0.1, 0.15) is 0 Å². The van der Waals surface area contributed by atoms with Crippen LogP contribution in [0.15, 0.2) is 24.8 Å². The molecule has 4 heteroatoms. The van der Waals surface area contributed by atoms with Gasteiger partial charge in [-0.25, -0.2) is 0 Å². The van der Waals surface area contributed by atoms with E-state index < -0.39 is 0 Å². The fraction of sp³-hybridized carbons (Fsp3) is 0.500. The first-order chi connectivity index (χ1) is 11.6. The predicted octanol–water partition coefficient (Wildman–Crippen LogP) is 5.30. The number of hydrogen-bond acceptors (Lipinski definition) is 4. The first kappa shape index (κ1) is 19.9. The predicted molar refractivity (Wildman–Crippen MR) is 96.1 cm³/mol. The topological polar surface area (TPSA) is 52.6 Å². The zero-order valence-electron chi connectivity index (χ0n) is 14.8. The highest BCUT2D eigenvalue weighted by Crippen LogP contribution is 2.30. The number of rotatable bonds is 11. The van der Waals surface area contributed by atoms with Gasteiger partial charge >= 0.3 is 11.9 Å². The summed E-state index contributed by atoms with van der Waals surface area (Å²) in [5.41, 5.74) is 0.803. The van der Waals surface area contributed by atoms with Crippen molar-refractivity contribution in [3.05, 3.63) is 30.3 Å². The second kappa shape index (κ2) is 11.4. The van der Waals surface area contributed by atoms with Crippen LogP contribution in [-0.2, 0) is 9.59 Å². The van der Waals surface area contributed by atoms with E-state index in [4.69, 9.17) is 9.47 Å². The number of ether oxygens (including phenoxy) is 2. The molecular formula is C20H28O4. The summed E-state index contributed by atoms with van der Waals surface area (Å²) in [6.07, 6.45) is 8.03. The van der Waals surface area contributed by atoms with Gasteiger partial charge in [-0.1, -0.05) is 58.3 Å². The van der Waals surface area contributed by atoms with Crippen LogP contribution in [0.4, 0.5) is 0 Å². The second-order valence-electron chi connectivity index (χ2n) is 5.77. The Labute approximate surface area is 144 Å². The zero-order valence-corrected chi connectivity index (χ0v) is 14.8. The van der Waals surface area contributed by atoms with Crippen LogP contribution in [0.25, 0.3) is 6.08 Å². The highest BCUT2D eigenvalue weighted by atomic mass is 16.6. The minimum Gasteiger partial charge on any atom is -0.423 e. The van der Waals surface area contributed by atoms with Crippen LogP contribution in [-0.4, -0.2) is 11.9 Å². The molecule has 0 heterocycles. The molecule has 0 saturated carbocycles. The standard InChI is InChI=1S/C20H28O4/c1-4-7-9-11-19(21)23-17-14-13-16(6-3)15-18(17)24-20(22)12-10-8-5-2/h6,13-15H,3-5,7-12H2,1-2H3. The van der Waals surface area contributed by atoms with Crippen LogP contribution in [0.3, 0.4) is 0 Å². The van der Waals surface area contributed by atoms with Crippen molar-refractivity contribution in [1.82, 2.24) is 0 Å². The van der Waals surface area contributed by atoms with Gasteiger partial charge in [-0.3, -0.25) is 9.59 Å². The maximum atomic E-state index is 11.9. The Hall–Kier alpha value is -2.10. The summed E-state index contributed by atoms with van der Waals surface area (Å²) in [4.78, 5) is 23.9. The Morgan fingerprint density at radius 1 is 0.917 bits per heavy atom. The molecular weight excluding hydrogens is 304 g/mol. The summed E-state index contributed by atoms with van der Waals surface area (Å²) in [5.74, 6) is -0.0605. The van der Waals surface area contributed by atoms with Gasteiger partial charge in [0, 0.05) is 12.8 Å². The molecule has 1 aromatic carbocycles. The number of unbranched alkanes of at least 4 members (excludes halogenated alkanes) is 4. The normalized spacial score (nSPS) is 10.2. The third kappa shape index (κ3) is 7.44. The smallest absolute Gasteiger partial charge is 0.311 e. The molecule has 0 aliphatic heterocycles. The molecule has 0 spiro atoms.